The maximum atomic E-state index is 12.4. The summed E-state index contributed by atoms with van der Waals surface area (Å²) in [6.07, 6.45) is 0.718. The van der Waals surface area contributed by atoms with Crippen molar-refractivity contribution in [1.82, 2.24) is 5.43 Å². The van der Waals surface area contributed by atoms with Crippen LogP contribution in [0.25, 0.3) is 0 Å². The number of hydrogen-bond acceptors (Lipinski definition) is 6. The van der Waals surface area contributed by atoms with E-state index in [2.05, 4.69) is 10.5 Å². The lowest BCUT2D eigenvalue weighted by Crippen LogP contribution is -2.20. The number of methoxy groups -OCH3 is 3. The molecule has 6 nitrogen and oxygen atoms in total. The number of thiophene rings is 1. The number of ether oxygens (including phenoxy) is 3. The first kappa shape index (κ1) is 17.8. The van der Waals surface area contributed by atoms with Gasteiger partial charge in [-0.05, 0) is 30.0 Å². The predicted octanol–water partition coefficient (Wildman–Crippen LogP) is 3.32. The molecule has 0 aliphatic carbocycles. The highest BCUT2D eigenvalue weighted by atomic mass is 32.1. The minimum absolute atomic E-state index is 0.350. The van der Waals surface area contributed by atoms with Crippen LogP contribution >= 0.6 is 11.3 Å². The fourth-order valence-corrected chi connectivity index (χ4v) is 2.93. The minimum atomic E-state index is -0.350. The van der Waals surface area contributed by atoms with Gasteiger partial charge >= 0.3 is 0 Å². The van der Waals surface area contributed by atoms with Gasteiger partial charge in [0.25, 0.3) is 5.91 Å². The van der Waals surface area contributed by atoms with Gasteiger partial charge in [-0.3, -0.25) is 4.79 Å². The molecule has 128 valence electrons. The van der Waals surface area contributed by atoms with Gasteiger partial charge in [-0.25, -0.2) is 5.43 Å². The number of rotatable bonds is 7. The molecule has 0 bridgehead atoms. The Hall–Kier alpha value is -2.54. The van der Waals surface area contributed by atoms with E-state index in [1.54, 1.807) is 23.5 Å². The zero-order chi connectivity index (χ0) is 17.5. The first-order chi connectivity index (χ1) is 11.6. The molecule has 1 heterocycles. The molecule has 0 unspecified atom stereocenters. The van der Waals surface area contributed by atoms with Gasteiger partial charge in [-0.1, -0.05) is 13.0 Å². The van der Waals surface area contributed by atoms with Crippen LogP contribution in [0.3, 0.4) is 0 Å². The van der Waals surface area contributed by atoms with Crippen LogP contribution in [0, 0.1) is 0 Å². The van der Waals surface area contributed by atoms with E-state index >= 15 is 0 Å². The summed E-state index contributed by atoms with van der Waals surface area (Å²) in [5.74, 6) is 0.921. The standard InChI is InChI=1S/C17H20N2O4S/c1-5-12(15-7-6-8-24-15)18-19-17(20)11-9-13(21-2)16(23-4)14(10-11)22-3/h6-10H,5H2,1-4H3,(H,19,20)/b18-12-. The Labute approximate surface area is 145 Å². The van der Waals surface area contributed by atoms with Crippen molar-refractivity contribution in [3.8, 4) is 17.2 Å². The van der Waals surface area contributed by atoms with Crippen molar-refractivity contribution in [3.63, 3.8) is 0 Å². The second-order valence-corrected chi connectivity index (χ2v) is 5.69. The van der Waals surface area contributed by atoms with Gasteiger partial charge in [0.1, 0.15) is 0 Å². The van der Waals surface area contributed by atoms with Gasteiger partial charge < -0.3 is 14.2 Å². The van der Waals surface area contributed by atoms with E-state index in [0.717, 1.165) is 17.0 Å². The summed E-state index contributed by atoms with van der Waals surface area (Å²) in [6, 6.07) is 7.09. The third-order valence-corrected chi connectivity index (χ3v) is 4.28. The molecule has 0 radical (unpaired) electrons. The number of carbonyl (C=O) groups excluding carboxylic acids is 1. The van der Waals surface area contributed by atoms with Gasteiger partial charge in [0, 0.05) is 5.56 Å². The van der Waals surface area contributed by atoms with E-state index in [4.69, 9.17) is 14.2 Å². The number of nitrogens with zero attached hydrogens (tertiary/aromatic N) is 1. The van der Waals surface area contributed by atoms with E-state index in [-0.39, 0.29) is 5.91 Å². The summed E-state index contributed by atoms with van der Waals surface area (Å²) in [7, 11) is 4.52. The Morgan fingerprint density at radius 3 is 2.29 bits per heavy atom. The topological polar surface area (TPSA) is 69.2 Å². The molecule has 0 saturated heterocycles. The molecule has 7 heteroatoms. The van der Waals surface area contributed by atoms with Gasteiger partial charge in [-0.15, -0.1) is 11.3 Å². The quantitative estimate of drug-likeness (QED) is 0.616. The zero-order valence-corrected chi connectivity index (χ0v) is 14.9. The molecular formula is C17H20N2O4S. The summed E-state index contributed by atoms with van der Waals surface area (Å²) < 4.78 is 15.8. The summed E-state index contributed by atoms with van der Waals surface area (Å²) in [5.41, 5.74) is 3.78. The molecule has 1 amide bonds. The van der Waals surface area contributed by atoms with Crippen molar-refractivity contribution in [2.75, 3.05) is 21.3 Å². The predicted molar refractivity (Wildman–Crippen MR) is 94.7 cm³/mol. The van der Waals surface area contributed by atoms with Crippen LogP contribution in [0.1, 0.15) is 28.6 Å². The maximum Gasteiger partial charge on any atom is 0.271 e. The Bertz CT molecular complexity index is 701. The maximum absolute atomic E-state index is 12.4. The van der Waals surface area contributed by atoms with E-state index in [1.165, 1.54) is 21.3 Å². The summed E-state index contributed by atoms with van der Waals surface area (Å²) in [4.78, 5) is 13.4. The summed E-state index contributed by atoms with van der Waals surface area (Å²) in [6.45, 7) is 1.99. The van der Waals surface area contributed by atoms with Crippen LogP contribution in [0.5, 0.6) is 17.2 Å². The van der Waals surface area contributed by atoms with Crippen LogP contribution in [-0.2, 0) is 0 Å². The molecule has 0 atom stereocenters. The van der Waals surface area contributed by atoms with Gasteiger partial charge in [0.15, 0.2) is 11.5 Å². The molecule has 2 aromatic rings. The third kappa shape index (κ3) is 3.86. The van der Waals surface area contributed by atoms with Crippen molar-refractivity contribution in [2.24, 2.45) is 5.10 Å². The SMILES string of the molecule is CC/C(=N/NC(=O)c1cc(OC)c(OC)c(OC)c1)c1cccs1. The first-order valence-electron chi connectivity index (χ1n) is 7.35. The molecule has 1 N–H and O–H groups in total. The average molecular weight is 348 g/mol. The van der Waals surface area contributed by atoms with Crippen molar-refractivity contribution in [3.05, 3.63) is 40.1 Å². The molecule has 0 saturated carbocycles. The average Bonchev–Trinajstić information content (AvgIpc) is 3.15. The highest BCUT2D eigenvalue weighted by Gasteiger charge is 2.17. The monoisotopic (exact) mass is 348 g/mol. The molecule has 1 aromatic heterocycles. The zero-order valence-electron chi connectivity index (χ0n) is 14.1. The largest absolute Gasteiger partial charge is 0.493 e. The molecule has 0 aliphatic heterocycles. The normalized spacial score (nSPS) is 11.1. The Morgan fingerprint density at radius 2 is 1.83 bits per heavy atom. The third-order valence-electron chi connectivity index (χ3n) is 3.36. The van der Waals surface area contributed by atoms with Crippen LogP contribution in [0.15, 0.2) is 34.7 Å². The Morgan fingerprint density at radius 1 is 1.17 bits per heavy atom. The number of hydrogen-bond donors (Lipinski definition) is 1. The second-order valence-electron chi connectivity index (χ2n) is 4.74. The van der Waals surface area contributed by atoms with E-state index in [0.29, 0.717) is 22.8 Å². The molecule has 1 aromatic carbocycles. The number of hydrazone groups is 1. The van der Waals surface area contributed by atoms with Crippen molar-refractivity contribution >= 4 is 23.0 Å². The summed E-state index contributed by atoms with van der Waals surface area (Å²) >= 11 is 1.58. The smallest absolute Gasteiger partial charge is 0.271 e. The van der Waals surface area contributed by atoms with Gasteiger partial charge in [0.05, 0.1) is 31.9 Å². The number of benzene rings is 1. The number of carbonyl (C=O) groups is 1. The molecule has 0 fully saturated rings. The van der Waals surface area contributed by atoms with Crippen molar-refractivity contribution in [1.29, 1.82) is 0 Å². The number of nitrogens with one attached hydrogen (secondary N) is 1. The highest BCUT2D eigenvalue weighted by molar-refractivity contribution is 7.12. The Kier molecular flexibility index (Phi) is 6.20. The molecule has 0 spiro atoms. The van der Waals surface area contributed by atoms with E-state index in [1.807, 2.05) is 24.4 Å². The van der Waals surface area contributed by atoms with Gasteiger partial charge in [-0.2, -0.15) is 5.10 Å². The fourth-order valence-electron chi connectivity index (χ4n) is 2.15. The molecule has 0 aliphatic rings. The van der Waals surface area contributed by atoms with Gasteiger partial charge in [0.2, 0.25) is 5.75 Å². The van der Waals surface area contributed by atoms with Crippen LogP contribution in [0.4, 0.5) is 0 Å². The van der Waals surface area contributed by atoms with Crippen LogP contribution in [0.2, 0.25) is 0 Å². The lowest BCUT2D eigenvalue weighted by atomic mass is 10.1. The van der Waals surface area contributed by atoms with Crippen LogP contribution in [-0.4, -0.2) is 32.9 Å². The minimum Gasteiger partial charge on any atom is -0.493 e. The fraction of sp³-hybridized carbons (Fsp3) is 0.294. The molecule has 24 heavy (non-hydrogen) atoms. The first-order valence-corrected chi connectivity index (χ1v) is 8.23. The van der Waals surface area contributed by atoms with Crippen molar-refractivity contribution < 1.29 is 19.0 Å². The van der Waals surface area contributed by atoms with Crippen molar-refractivity contribution in [2.45, 2.75) is 13.3 Å². The lowest BCUT2D eigenvalue weighted by Gasteiger charge is -2.13. The molecule has 2 rings (SSSR count). The van der Waals surface area contributed by atoms with Crippen LogP contribution < -0.4 is 19.6 Å². The number of amides is 1. The van der Waals surface area contributed by atoms with E-state index in [9.17, 15) is 4.79 Å². The highest BCUT2D eigenvalue weighted by Crippen LogP contribution is 2.38. The lowest BCUT2D eigenvalue weighted by molar-refractivity contribution is 0.0954. The Balaban J connectivity index is 2.26. The second kappa shape index (κ2) is 8.35. The molecular weight excluding hydrogens is 328 g/mol. The van der Waals surface area contributed by atoms with E-state index < -0.39 is 0 Å². The summed E-state index contributed by atoms with van der Waals surface area (Å²) in [5, 5.41) is 6.20.